The number of pyridine rings is 1. The zero-order valence-corrected chi connectivity index (χ0v) is 18.7. The van der Waals surface area contributed by atoms with Crippen LogP contribution in [0.15, 0.2) is 36.7 Å². The van der Waals surface area contributed by atoms with Gasteiger partial charge in [-0.2, -0.15) is 0 Å². The van der Waals surface area contributed by atoms with Crippen LogP contribution in [-0.2, 0) is 26.1 Å². The quantitative estimate of drug-likeness (QED) is 0.546. The van der Waals surface area contributed by atoms with Crippen LogP contribution < -0.4 is 9.47 Å². The average Bonchev–Trinajstić information content (AvgIpc) is 3.37. The van der Waals surface area contributed by atoms with Crippen molar-refractivity contribution in [2.75, 3.05) is 13.3 Å². The van der Waals surface area contributed by atoms with E-state index in [-0.39, 0.29) is 6.79 Å². The molecule has 0 aliphatic carbocycles. The van der Waals surface area contributed by atoms with Crippen molar-refractivity contribution in [2.45, 2.75) is 46.3 Å². The molecule has 0 saturated heterocycles. The summed E-state index contributed by atoms with van der Waals surface area (Å²) in [6, 6.07) is 7.94. The maximum Gasteiger partial charge on any atom is 0.231 e. The maximum absolute atomic E-state index is 6.54. The molecule has 0 spiro atoms. The van der Waals surface area contributed by atoms with Crippen molar-refractivity contribution in [3.05, 3.63) is 58.6 Å². The minimum Gasteiger partial charge on any atom is -0.454 e. The first-order chi connectivity index (χ1) is 15.1. The van der Waals surface area contributed by atoms with E-state index in [1.807, 2.05) is 24.4 Å². The lowest BCUT2D eigenvalue weighted by Crippen LogP contribution is -2.33. The maximum atomic E-state index is 6.54. The molecule has 3 aromatic rings. The summed E-state index contributed by atoms with van der Waals surface area (Å²) >= 11 is 6.54. The Hall–Kier alpha value is -2.57. The summed E-state index contributed by atoms with van der Waals surface area (Å²) in [5, 5.41) is 0.722. The summed E-state index contributed by atoms with van der Waals surface area (Å²) in [7, 11) is 0. The van der Waals surface area contributed by atoms with E-state index < -0.39 is 0 Å². The van der Waals surface area contributed by atoms with Gasteiger partial charge < -0.3 is 14.0 Å². The number of benzene rings is 1. The number of hydrogen-bond donors (Lipinski definition) is 0. The molecule has 4 heterocycles. The van der Waals surface area contributed by atoms with Crippen molar-refractivity contribution in [2.24, 2.45) is 5.92 Å². The zero-order valence-electron chi connectivity index (χ0n) is 18.0. The molecule has 162 valence electrons. The summed E-state index contributed by atoms with van der Waals surface area (Å²) in [6.07, 6.45) is 5.83. The second-order valence-corrected chi connectivity index (χ2v) is 9.07. The first-order valence-electron chi connectivity index (χ1n) is 10.9. The molecule has 0 amide bonds. The second kappa shape index (κ2) is 8.52. The molecule has 0 radical (unpaired) electrons. The lowest BCUT2D eigenvalue weighted by Gasteiger charge is -2.30. The Balaban J connectivity index is 1.42. The van der Waals surface area contributed by atoms with Crippen molar-refractivity contribution in [3.63, 3.8) is 0 Å². The molecule has 2 aromatic heterocycles. The zero-order chi connectivity index (χ0) is 21.4. The van der Waals surface area contributed by atoms with E-state index in [1.165, 1.54) is 11.4 Å². The van der Waals surface area contributed by atoms with Gasteiger partial charge in [-0.15, -0.1) is 0 Å². The topological polar surface area (TPSA) is 52.4 Å². The van der Waals surface area contributed by atoms with E-state index in [4.69, 9.17) is 26.1 Å². The number of ether oxygens (including phenoxy) is 2. The Labute approximate surface area is 187 Å². The molecule has 0 saturated carbocycles. The second-order valence-electron chi connectivity index (χ2n) is 8.66. The van der Waals surface area contributed by atoms with E-state index in [0.717, 1.165) is 72.5 Å². The average molecular weight is 439 g/mol. The number of rotatable bonds is 6. The Morgan fingerprint density at radius 2 is 2.00 bits per heavy atom. The van der Waals surface area contributed by atoms with Crippen LogP contribution in [0, 0.1) is 5.92 Å². The van der Waals surface area contributed by atoms with Gasteiger partial charge in [0.1, 0.15) is 5.82 Å². The van der Waals surface area contributed by atoms with Gasteiger partial charge in [-0.3, -0.25) is 9.88 Å². The predicted molar refractivity (Wildman–Crippen MR) is 120 cm³/mol. The Bertz CT molecular complexity index is 1080. The van der Waals surface area contributed by atoms with E-state index in [1.54, 1.807) is 6.20 Å². The lowest BCUT2D eigenvalue weighted by molar-refractivity contribution is 0.173. The van der Waals surface area contributed by atoms with Crippen molar-refractivity contribution < 1.29 is 9.47 Å². The van der Waals surface area contributed by atoms with Crippen molar-refractivity contribution in [3.8, 4) is 22.9 Å². The van der Waals surface area contributed by atoms with Gasteiger partial charge in [-0.1, -0.05) is 25.4 Å². The summed E-state index contributed by atoms with van der Waals surface area (Å²) in [6.45, 7) is 8.24. The van der Waals surface area contributed by atoms with Crippen LogP contribution in [-0.4, -0.2) is 32.8 Å². The van der Waals surface area contributed by atoms with E-state index in [0.29, 0.717) is 5.92 Å². The SMILES string of the molecule is CC(C)CCc1nc(-c2cccnc2)n2c1CN(Cc1cc3c(cc1Cl)OCO3)CC2. The lowest BCUT2D eigenvalue weighted by atomic mass is 10.0. The summed E-state index contributed by atoms with van der Waals surface area (Å²) in [5.74, 6) is 3.18. The molecule has 0 fully saturated rings. The van der Waals surface area contributed by atoms with Gasteiger partial charge in [0.05, 0.1) is 11.4 Å². The van der Waals surface area contributed by atoms with Crippen LogP contribution in [0.1, 0.15) is 37.2 Å². The molecular weight excluding hydrogens is 412 g/mol. The van der Waals surface area contributed by atoms with Crippen LogP contribution in [0.4, 0.5) is 0 Å². The van der Waals surface area contributed by atoms with E-state index >= 15 is 0 Å². The van der Waals surface area contributed by atoms with Gasteiger partial charge in [0.25, 0.3) is 0 Å². The summed E-state index contributed by atoms with van der Waals surface area (Å²) in [4.78, 5) is 11.8. The third kappa shape index (κ3) is 4.14. The number of aryl methyl sites for hydroxylation is 1. The van der Waals surface area contributed by atoms with Gasteiger partial charge in [0, 0.05) is 55.2 Å². The number of fused-ring (bicyclic) bond motifs is 2. The fourth-order valence-electron chi connectivity index (χ4n) is 4.28. The monoisotopic (exact) mass is 438 g/mol. The molecule has 6 nitrogen and oxygen atoms in total. The number of hydrogen-bond acceptors (Lipinski definition) is 5. The summed E-state index contributed by atoms with van der Waals surface area (Å²) in [5.41, 5.74) is 4.65. The van der Waals surface area contributed by atoms with Gasteiger partial charge in [0.15, 0.2) is 11.5 Å². The molecule has 5 rings (SSSR count). The van der Waals surface area contributed by atoms with Crippen LogP contribution in [0.2, 0.25) is 5.02 Å². The van der Waals surface area contributed by atoms with Crippen LogP contribution >= 0.6 is 11.6 Å². The first-order valence-corrected chi connectivity index (χ1v) is 11.3. The Kier molecular flexibility index (Phi) is 5.59. The third-order valence-electron chi connectivity index (χ3n) is 5.98. The van der Waals surface area contributed by atoms with E-state index in [9.17, 15) is 0 Å². The fourth-order valence-corrected chi connectivity index (χ4v) is 4.50. The van der Waals surface area contributed by atoms with Crippen LogP contribution in [0.25, 0.3) is 11.4 Å². The number of nitrogens with zero attached hydrogens (tertiary/aromatic N) is 4. The molecule has 7 heteroatoms. The molecule has 2 aliphatic rings. The normalized spacial score (nSPS) is 15.5. The highest BCUT2D eigenvalue weighted by molar-refractivity contribution is 6.31. The van der Waals surface area contributed by atoms with Crippen LogP contribution in [0.3, 0.4) is 0 Å². The highest BCUT2D eigenvalue weighted by Gasteiger charge is 2.26. The van der Waals surface area contributed by atoms with Crippen molar-refractivity contribution in [1.82, 2.24) is 19.4 Å². The largest absolute Gasteiger partial charge is 0.454 e. The predicted octanol–water partition coefficient (Wildman–Crippen LogP) is 4.93. The van der Waals surface area contributed by atoms with Crippen molar-refractivity contribution >= 4 is 11.6 Å². The molecule has 31 heavy (non-hydrogen) atoms. The van der Waals surface area contributed by atoms with E-state index in [2.05, 4.69) is 34.4 Å². The van der Waals surface area contributed by atoms with Gasteiger partial charge in [-0.05, 0) is 42.5 Å². The Morgan fingerprint density at radius 3 is 2.77 bits per heavy atom. The molecule has 0 N–H and O–H groups in total. The standard InChI is InChI=1S/C24H27ClN4O2/c1-16(2)5-6-20-21-14-28(13-18-10-22-23(11-19(18)25)31-15-30-22)8-9-29(21)24(27-20)17-4-3-7-26-12-17/h3-4,7,10-12,16H,5-6,8-9,13-15H2,1-2H3. The first kappa shape index (κ1) is 20.3. The molecule has 1 aromatic carbocycles. The molecular formula is C24H27ClN4O2. The smallest absolute Gasteiger partial charge is 0.231 e. The molecule has 0 bridgehead atoms. The fraction of sp³-hybridized carbons (Fsp3) is 0.417. The van der Waals surface area contributed by atoms with Gasteiger partial charge >= 0.3 is 0 Å². The van der Waals surface area contributed by atoms with Gasteiger partial charge in [-0.25, -0.2) is 4.98 Å². The Morgan fingerprint density at radius 1 is 1.16 bits per heavy atom. The number of imidazole rings is 1. The number of halogens is 1. The minimum atomic E-state index is 0.258. The highest BCUT2D eigenvalue weighted by atomic mass is 35.5. The van der Waals surface area contributed by atoms with Crippen molar-refractivity contribution in [1.29, 1.82) is 0 Å². The molecule has 0 unspecified atom stereocenters. The molecule has 2 aliphatic heterocycles. The number of aromatic nitrogens is 3. The third-order valence-corrected chi connectivity index (χ3v) is 6.33. The molecule has 0 atom stereocenters. The highest BCUT2D eigenvalue weighted by Crippen LogP contribution is 2.37. The van der Waals surface area contributed by atoms with Gasteiger partial charge in [0.2, 0.25) is 6.79 Å². The van der Waals surface area contributed by atoms with Crippen LogP contribution in [0.5, 0.6) is 11.5 Å². The minimum absolute atomic E-state index is 0.258. The summed E-state index contributed by atoms with van der Waals surface area (Å²) < 4.78 is 13.4.